The van der Waals surface area contributed by atoms with Crippen molar-refractivity contribution >= 4 is 5.78 Å². The number of likely N-dealkylation sites (tertiary alicyclic amines) is 1. The maximum atomic E-state index is 11.5. The number of carbonyl (C=O) groups is 1. The molecule has 0 atom stereocenters. The summed E-state index contributed by atoms with van der Waals surface area (Å²) in [6.07, 6.45) is 4.47. The molecule has 1 saturated heterocycles. The monoisotopic (exact) mass is 349 g/mol. The molecule has 2 aliphatic rings. The standard InChI is InChI=1S/C23H27NO2/c1-3-24-14-12-23(13-15-24)11-10-21-16-20(8-9-22(21)26-23)19-6-4-18(5-7-19)17(2)25/h4-9,16H,3,10-15H2,1-2H3. The molecule has 2 aromatic carbocycles. The fourth-order valence-corrected chi connectivity index (χ4v) is 4.23. The van der Waals surface area contributed by atoms with Gasteiger partial charge >= 0.3 is 0 Å². The molecule has 0 bridgehead atoms. The van der Waals surface area contributed by atoms with E-state index in [9.17, 15) is 4.79 Å². The molecule has 0 radical (unpaired) electrons. The maximum Gasteiger partial charge on any atom is 0.159 e. The summed E-state index contributed by atoms with van der Waals surface area (Å²) >= 11 is 0. The molecule has 0 aliphatic carbocycles. The van der Waals surface area contributed by atoms with Gasteiger partial charge in [-0.15, -0.1) is 0 Å². The Morgan fingerprint density at radius 1 is 1.04 bits per heavy atom. The number of ether oxygens (including phenoxy) is 1. The Hall–Kier alpha value is -2.13. The van der Waals surface area contributed by atoms with E-state index in [1.165, 1.54) is 11.1 Å². The molecule has 2 aromatic rings. The van der Waals surface area contributed by atoms with Crippen molar-refractivity contribution < 1.29 is 9.53 Å². The number of benzene rings is 2. The predicted octanol–water partition coefficient (Wildman–Crippen LogP) is 4.74. The van der Waals surface area contributed by atoms with Crippen molar-refractivity contribution in [1.29, 1.82) is 0 Å². The van der Waals surface area contributed by atoms with Crippen molar-refractivity contribution in [3.05, 3.63) is 53.6 Å². The molecule has 3 nitrogen and oxygen atoms in total. The summed E-state index contributed by atoms with van der Waals surface area (Å²) in [5, 5.41) is 0. The first-order chi connectivity index (χ1) is 12.6. The lowest BCUT2D eigenvalue weighted by molar-refractivity contribution is -0.0132. The van der Waals surface area contributed by atoms with Crippen molar-refractivity contribution in [3.63, 3.8) is 0 Å². The summed E-state index contributed by atoms with van der Waals surface area (Å²) in [5.74, 6) is 1.17. The minimum atomic E-state index is 0.0450. The van der Waals surface area contributed by atoms with Gasteiger partial charge in [0.05, 0.1) is 0 Å². The van der Waals surface area contributed by atoms with Crippen LogP contribution in [-0.4, -0.2) is 35.9 Å². The number of hydrogen-bond acceptors (Lipinski definition) is 3. The smallest absolute Gasteiger partial charge is 0.159 e. The van der Waals surface area contributed by atoms with Crippen LogP contribution < -0.4 is 4.74 Å². The number of nitrogens with zero attached hydrogens (tertiary/aromatic N) is 1. The van der Waals surface area contributed by atoms with E-state index in [1.54, 1.807) is 6.92 Å². The van der Waals surface area contributed by atoms with Crippen LogP contribution in [0, 0.1) is 0 Å². The number of aryl methyl sites for hydroxylation is 1. The second-order valence-corrected chi connectivity index (χ2v) is 7.68. The molecule has 1 fully saturated rings. The van der Waals surface area contributed by atoms with Gasteiger partial charge in [-0.25, -0.2) is 0 Å². The molecule has 0 amide bonds. The summed E-state index contributed by atoms with van der Waals surface area (Å²) in [6, 6.07) is 14.4. The second kappa shape index (κ2) is 6.88. The lowest BCUT2D eigenvalue weighted by Crippen LogP contribution is -2.49. The van der Waals surface area contributed by atoms with Crippen molar-refractivity contribution in [2.75, 3.05) is 19.6 Å². The van der Waals surface area contributed by atoms with Gasteiger partial charge in [0, 0.05) is 18.7 Å². The van der Waals surface area contributed by atoms with Gasteiger partial charge in [-0.2, -0.15) is 0 Å². The topological polar surface area (TPSA) is 29.5 Å². The lowest BCUT2D eigenvalue weighted by Gasteiger charge is -2.44. The van der Waals surface area contributed by atoms with E-state index in [2.05, 4.69) is 30.0 Å². The largest absolute Gasteiger partial charge is 0.487 e. The predicted molar refractivity (Wildman–Crippen MR) is 105 cm³/mol. The molecule has 0 N–H and O–H groups in total. The van der Waals surface area contributed by atoms with Gasteiger partial charge in [0.2, 0.25) is 0 Å². The molecule has 136 valence electrons. The van der Waals surface area contributed by atoms with Crippen LogP contribution in [-0.2, 0) is 6.42 Å². The number of hydrogen-bond donors (Lipinski definition) is 0. The SMILES string of the molecule is CCN1CCC2(CCc3cc(-c4ccc(C(C)=O)cc4)ccc3O2)CC1. The number of piperidine rings is 1. The second-order valence-electron chi connectivity index (χ2n) is 7.68. The Morgan fingerprint density at radius 3 is 2.38 bits per heavy atom. The molecule has 0 saturated carbocycles. The van der Waals surface area contributed by atoms with E-state index in [1.807, 2.05) is 24.3 Å². The molecular weight excluding hydrogens is 322 g/mol. The zero-order valence-corrected chi connectivity index (χ0v) is 15.8. The van der Waals surface area contributed by atoms with Crippen molar-refractivity contribution in [2.24, 2.45) is 0 Å². The fraction of sp³-hybridized carbons (Fsp3) is 0.435. The van der Waals surface area contributed by atoms with Crippen molar-refractivity contribution in [1.82, 2.24) is 4.90 Å². The van der Waals surface area contributed by atoms with Crippen LogP contribution in [0.5, 0.6) is 5.75 Å². The van der Waals surface area contributed by atoms with E-state index >= 15 is 0 Å². The van der Waals surface area contributed by atoms with Crippen LogP contribution in [0.2, 0.25) is 0 Å². The quantitative estimate of drug-likeness (QED) is 0.750. The van der Waals surface area contributed by atoms with Crippen LogP contribution in [0.4, 0.5) is 0 Å². The van der Waals surface area contributed by atoms with Gasteiger partial charge in [0.15, 0.2) is 5.78 Å². The highest BCUT2D eigenvalue weighted by Gasteiger charge is 2.39. The minimum absolute atomic E-state index is 0.0450. The molecule has 1 spiro atoms. The summed E-state index contributed by atoms with van der Waals surface area (Å²) in [7, 11) is 0. The third kappa shape index (κ3) is 3.28. The first-order valence-electron chi connectivity index (χ1n) is 9.74. The number of rotatable bonds is 3. The third-order valence-electron chi connectivity index (χ3n) is 6.08. The molecule has 3 heteroatoms. The molecule has 0 unspecified atom stereocenters. The van der Waals surface area contributed by atoms with Gasteiger partial charge in [0.25, 0.3) is 0 Å². The van der Waals surface area contributed by atoms with E-state index in [4.69, 9.17) is 4.74 Å². The van der Waals surface area contributed by atoms with Crippen molar-refractivity contribution in [2.45, 2.75) is 45.1 Å². The number of fused-ring (bicyclic) bond motifs is 1. The Labute approximate surface area is 156 Å². The van der Waals surface area contributed by atoms with Crippen LogP contribution in [0.15, 0.2) is 42.5 Å². The van der Waals surface area contributed by atoms with E-state index < -0.39 is 0 Å². The Bertz CT molecular complexity index is 801. The summed E-state index contributed by atoms with van der Waals surface area (Å²) < 4.78 is 6.52. The fourth-order valence-electron chi connectivity index (χ4n) is 4.23. The minimum Gasteiger partial charge on any atom is -0.487 e. The Balaban J connectivity index is 1.53. The van der Waals surface area contributed by atoms with Crippen LogP contribution in [0.3, 0.4) is 0 Å². The normalized spacial score (nSPS) is 19.0. The van der Waals surface area contributed by atoms with Crippen LogP contribution in [0.25, 0.3) is 11.1 Å². The molecule has 4 rings (SSSR count). The first kappa shape index (κ1) is 17.3. The highest BCUT2D eigenvalue weighted by atomic mass is 16.5. The van der Waals surface area contributed by atoms with Crippen molar-refractivity contribution in [3.8, 4) is 16.9 Å². The number of ketones is 1. The van der Waals surface area contributed by atoms with Gasteiger partial charge in [-0.05, 0) is 68.0 Å². The van der Waals surface area contributed by atoms with Crippen LogP contribution >= 0.6 is 0 Å². The first-order valence-corrected chi connectivity index (χ1v) is 9.74. The maximum absolute atomic E-state index is 11.5. The Morgan fingerprint density at radius 2 is 1.73 bits per heavy atom. The lowest BCUT2D eigenvalue weighted by atomic mass is 9.82. The number of carbonyl (C=O) groups excluding carboxylic acids is 1. The summed E-state index contributed by atoms with van der Waals surface area (Å²) in [6.45, 7) is 7.27. The molecule has 2 aliphatic heterocycles. The zero-order chi connectivity index (χ0) is 18.1. The summed E-state index contributed by atoms with van der Waals surface area (Å²) in [4.78, 5) is 14.0. The average molecular weight is 349 g/mol. The molecule has 2 heterocycles. The number of Topliss-reactive ketones (excluding diaryl/α,β-unsaturated/α-hetero) is 1. The third-order valence-corrected chi connectivity index (χ3v) is 6.08. The van der Waals surface area contributed by atoms with Crippen LogP contribution in [0.1, 0.15) is 49.0 Å². The highest BCUT2D eigenvalue weighted by Crippen LogP contribution is 2.40. The van der Waals surface area contributed by atoms with Gasteiger partial charge < -0.3 is 9.64 Å². The molecule has 26 heavy (non-hydrogen) atoms. The van der Waals surface area contributed by atoms with Gasteiger partial charge in [0.1, 0.15) is 11.4 Å². The Kier molecular flexibility index (Phi) is 4.58. The molecular formula is C23H27NO2. The van der Waals surface area contributed by atoms with E-state index in [-0.39, 0.29) is 11.4 Å². The average Bonchev–Trinajstić information content (AvgIpc) is 2.68. The molecule has 0 aromatic heterocycles. The highest BCUT2D eigenvalue weighted by molar-refractivity contribution is 5.94. The van der Waals surface area contributed by atoms with E-state index in [0.717, 1.165) is 62.2 Å². The van der Waals surface area contributed by atoms with Gasteiger partial charge in [-0.1, -0.05) is 37.3 Å². The zero-order valence-electron chi connectivity index (χ0n) is 15.8. The van der Waals surface area contributed by atoms with Gasteiger partial charge in [-0.3, -0.25) is 4.79 Å². The summed E-state index contributed by atoms with van der Waals surface area (Å²) in [5.41, 5.74) is 4.45. The van der Waals surface area contributed by atoms with E-state index in [0.29, 0.717) is 0 Å².